The van der Waals surface area contributed by atoms with Gasteiger partial charge in [0.1, 0.15) is 28.7 Å². The number of nitrogens with zero attached hydrogens (tertiary/aromatic N) is 1. The summed E-state index contributed by atoms with van der Waals surface area (Å²) in [5.41, 5.74) is 1.20. The summed E-state index contributed by atoms with van der Waals surface area (Å²) in [6, 6.07) is 15.8. The fraction of sp³-hybridized carbons (Fsp3) is 0.0667. The molecule has 0 saturated carbocycles. The number of ether oxygens (including phenoxy) is 2. The topological polar surface area (TPSA) is 171 Å². The van der Waals surface area contributed by atoms with E-state index in [-0.39, 0.29) is 33.8 Å². The van der Waals surface area contributed by atoms with Crippen LogP contribution in [0.1, 0.15) is 20.7 Å². The molecule has 0 bridgehead atoms. The number of anilines is 2. The Kier molecular flexibility index (Phi) is 6.77. The number of aromatic hydroxyl groups is 5. The lowest BCUT2D eigenvalue weighted by Gasteiger charge is -2.16. The van der Waals surface area contributed by atoms with Crippen LogP contribution in [-0.2, 0) is 9.47 Å². The quantitative estimate of drug-likeness (QED) is 0.121. The smallest absolute Gasteiger partial charge is 0.337 e. The highest BCUT2D eigenvalue weighted by Crippen LogP contribution is 2.49. The van der Waals surface area contributed by atoms with E-state index in [1.807, 2.05) is 0 Å². The molecule has 5 rings (SSSR count). The Morgan fingerprint density at radius 1 is 0.659 bits per heavy atom. The number of phenols is 5. The van der Waals surface area contributed by atoms with E-state index in [2.05, 4.69) is 10.1 Å². The molecule has 4 aromatic carbocycles. The Balaban J connectivity index is 1.52. The third-order valence-corrected chi connectivity index (χ3v) is 6.52. The van der Waals surface area contributed by atoms with Gasteiger partial charge in [-0.05, 0) is 41.8 Å². The molecule has 0 aliphatic carbocycles. The molecule has 1 heterocycles. The number of carbonyl (C=O) groups excluding carboxylic acids is 2. The Hall–Kier alpha value is -5.84. The molecular formula is C30H24N2O9. The minimum absolute atomic E-state index is 0.101. The predicted octanol–water partition coefficient (Wildman–Crippen LogP) is 5.14. The molecule has 1 aromatic heterocycles. The number of rotatable bonds is 6. The number of phenolic OH excluding ortho intramolecular Hbond substituents is 5. The van der Waals surface area contributed by atoms with Crippen molar-refractivity contribution in [1.82, 2.24) is 4.57 Å². The number of nitrogens with one attached hydrogen (secondary N) is 1. The zero-order valence-corrected chi connectivity index (χ0v) is 21.7. The van der Waals surface area contributed by atoms with Crippen molar-refractivity contribution in [3.05, 3.63) is 84.1 Å². The summed E-state index contributed by atoms with van der Waals surface area (Å²) in [7, 11) is 2.50. The summed E-state index contributed by atoms with van der Waals surface area (Å²) < 4.78 is 11.1. The van der Waals surface area contributed by atoms with E-state index in [9.17, 15) is 35.1 Å². The number of aromatic nitrogens is 1. The average Bonchev–Trinajstić information content (AvgIpc) is 3.37. The molecule has 0 saturated heterocycles. The van der Waals surface area contributed by atoms with Crippen LogP contribution >= 0.6 is 0 Å². The van der Waals surface area contributed by atoms with Crippen LogP contribution in [0.4, 0.5) is 11.4 Å². The van der Waals surface area contributed by atoms with E-state index >= 15 is 0 Å². The SMILES string of the molecule is COC(=O)c1ccc(O)c(Nc2cc(O)c(-c3c(O)cc(-n4ccc5ccc(C(=O)OC)cc54)cc3O)c(O)c2)c1. The monoisotopic (exact) mass is 556 g/mol. The second-order valence-electron chi connectivity index (χ2n) is 9.05. The minimum atomic E-state index is -0.625. The summed E-state index contributed by atoms with van der Waals surface area (Å²) in [6.07, 6.45) is 1.69. The van der Waals surface area contributed by atoms with Gasteiger partial charge >= 0.3 is 11.9 Å². The molecule has 0 radical (unpaired) electrons. The van der Waals surface area contributed by atoms with Crippen molar-refractivity contribution in [2.45, 2.75) is 0 Å². The fourth-order valence-electron chi connectivity index (χ4n) is 4.57. The van der Waals surface area contributed by atoms with Gasteiger partial charge in [0.05, 0.1) is 53.4 Å². The number of fused-ring (bicyclic) bond motifs is 1. The number of carbonyl (C=O) groups is 2. The first-order valence-electron chi connectivity index (χ1n) is 12.1. The first-order valence-corrected chi connectivity index (χ1v) is 12.1. The van der Waals surface area contributed by atoms with Gasteiger partial charge in [-0.2, -0.15) is 0 Å². The lowest BCUT2D eigenvalue weighted by atomic mass is 9.99. The Bertz CT molecular complexity index is 1800. The third-order valence-electron chi connectivity index (χ3n) is 6.52. The van der Waals surface area contributed by atoms with Gasteiger partial charge in [0.15, 0.2) is 0 Å². The van der Waals surface area contributed by atoms with Crippen molar-refractivity contribution in [3.8, 4) is 45.6 Å². The van der Waals surface area contributed by atoms with Crippen LogP contribution in [0.25, 0.3) is 27.7 Å². The largest absolute Gasteiger partial charge is 0.507 e. The van der Waals surface area contributed by atoms with Crippen LogP contribution in [0.5, 0.6) is 28.7 Å². The predicted molar refractivity (Wildman–Crippen MR) is 149 cm³/mol. The summed E-state index contributed by atoms with van der Waals surface area (Å²) in [5.74, 6) is -3.23. The van der Waals surface area contributed by atoms with Crippen LogP contribution in [0.2, 0.25) is 0 Å². The van der Waals surface area contributed by atoms with Gasteiger partial charge in [0.25, 0.3) is 0 Å². The number of hydrogen-bond donors (Lipinski definition) is 6. The number of hydrogen-bond acceptors (Lipinski definition) is 10. The van der Waals surface area contributed by atoms with Crippen LogP contribution in [0.15, 0.2) is 72.9 Å². The molecule has 11 heteroatoms. The third kappa shape index (κ3) is 4.87. The van der Waals surface area contributed by atoms with Crippen molar-refractivity contribution in [2.24, 2.45) is 0 Å². The molecule has 0 aliphatic rings. The Morgan fingerprint density at radius 3 is 1.78 bits per heavy atom. The van der Waals surface area contributed by atoms with Crippen molar-refractivity contribution in [2.75, 3.05) is 19.5 Å². The van der Waals surface area contributed by atoms with Crippen LogP contribution in [-0.4, -0.2) is 56.3 Å². The van der Waals surface area contributed by atoms with Gasteiger partial charge in [-0.15, -0.1) is 0 Å². The molecule has 0 fully saturated rings. The summed E-state index contributed by atoms with van der Waals surface area (Å²) in [4.78, 5) is 23.8. The molecule has 0 unspecified atom stereocenters. The highest BCUT2D eigenvalue weighted by Gasteiger charge is 2.22. The maximum Gasteiger partial charge on any atom is 0.337 e. The summed E-state index contributed by atoms with van der Waals surface area (Å²) in [5, 5.41) is 57.2. The lowest BCUT2D eigenvalue weighted by molar-refractivity contribution is 0.0592. The zero-order chi connectivity index (χ0) is 29.4. The molecule has 11 nitrogen and oxygen atoms in total. The first kappa shape index (κ1) is 26.8. The highest BCUT2D eigenvalue weighted by molar-refractivity contribution is 5.95. The van der Waals surface area contributed by atoms with Crippen molar-refractivity contribution >= 4 is 34.2 Å². The molecule has 0 aliphatic heterocycles. The fourth-order valence-corrected chi connectivity index (χ4v) is 4.57. The van der Waals surface area contributed by atoms with E-state index in [1.165, 1.54) is 56.7 Å². The van der Waals surface area contributed by atoms with Gasteiger partial charge in [-0.25, -0.2) is 9.59 Å². The lowest BCUT2D eigenvalue weighted by Crippen LogP contribution is -2.02. The Labute approximate surface area is 232 Å². The average molecular weight is 557 g/mol. The van der Waals surface area contributed by atoms with Gasteiger partial charge in [-0.1, -0.05) is 6.07 Å². The maximum atomic E-state index is 12.0. The highest BCUT2D eigenvalue weighted by atomic mass is 16.5. The van der Waals surface area contributed by atoms with E-state index in [4.69, 9.17) is 4.74 Å². The normalized spacial score (nSPS) is 10.9. The van der Waals surface area contributed by atoms with Crippen molar-refractivity contribution < 1.29 is 44.6 Å². The van der Waals surface area contributed by atoms with E-state index < -0.39 is 34.9 Å². The van der Waals surface area contributed by atoms with Crippen LogP contribution < -0.4 is 5.32 Å². The molecule has 208 valence electrons. The van der Waals surface area contributed by atoms with E-state index in [1.54, 1.807) is 35.0 Å². The molecule has 0 amide bonds. The number of benzene rings is 4. The molecule has 6 N–H and O–H groups in total. The standard InChI is InChI=1S/C30H24N2O9/c1-40-29(38)16-5-6-22(33)20(9-16)31-18-11-23(34)27(24(35)12-18)28-25(36)13-19(14-26(28)37)32-8-7-15-3-4-17(10-21(15)32)30(39)41-2/h3-14,31,33-37H,1-2H3. The van der Waals surface area contributed by atoms with E-state index in [0.29, 0.717) is 16.8 Å². The summed E-state index contributed by atoms with van der Waals surface area (Å²) in [6.45, 7) is 0. The first-order chi connectivity index (χ1) is 19.6. The van der Waals surface area contributed by atoms with Crippen molar-refractivity contribution in [1.29, 1.82) is 0 Å². The minimum Gasteiger partial charge on any atom is -0.507 e. The molecule has 0 atom stereocenters. The molecule has 5 aromatic rings. The zero-order valence-electron chi connectivity index (χ0n) is 21.7. The molecule has 0 spiro atoms. The van der Waals surface area contributed by atoms with Crippen LogP contribution in [0.3, 0.4) is 0 Å². The number of methoxy groups -OCH3 is 2. The Morgan fingerprint density at radius 2 is 1.20 bits per heavy atom. The maximum absolute atomic E-state index is 12.0. The van der Waals surface area contributed by atoms with E-state index in [0.717, 1.165) is 5.39 Å². The molecular weight excluding hydrogens is 532 g/mol. The van der Waals surface area contributed by atoms with Crippen LogP contribution in [0, 0.1) is 0 Å². The van der Waals surface area contributed by atoms with Crippen molar-refractivity contribution in [3.63, 3.8) is 0 Å². The summed E-state index contributed by atoms with van der Waals surface area (Å²) >= 11 is 0. The van der Waals surface area contributed by atoms with Gasteiger partial charge in [0.2, 0.25) is 0 Å². The van der Waals surface area contributed by atoms with Gasteiger partial charge in [-0.3, -0.25) is 0 Å². The number of esters is 2. The molecule has 41 heavy (non-hydrogen) atoms. The second-order valence-corrected chi connectivity index (χ2v) is 9.05. The second kappa shape index (κ2) is 10.4. The van der Waals surface area contributed by atoms with Gasteiger partial charge < -0.3 is 44.9 Å². The van der Waals surface area contributed by atoms with Gasteiger partial charge in [0, 0.05) is 36.1 Å².